The number of nitrogens with one attached hydrogen (secondary N) is 2. The zero-order valence-corrected chi connectivity index (χ0v) is 12.0. The van der Waals surface area contributed by atoms with Crippen molar-refractivity contribution in [2.45, 2.75) is 20.3 Å². The summed E-state index contributed by atoms with van der Waals surface area (Å²) in [4.78, 5) is 20.3. The van der Waals surface area contributed by atoms with Gasteiger partial charge in [-0.3, -0.25) is 9.78 Å². The zero-order valence-electron chi connectivity index (χ0n) is 12.0. The molecule has 5 nitrogen and oxygen atoms in total. The maximum atomic E-state index is 13.2. The van der Waals surface area contributed by atoms with Gasteiger partial charge in [-0.05, 0) is 37.1 Å². The summed E-state index contributed by atoms with van der Waals surface area (Å²) in [5, 5.41) is 5.74. The second kappa shape index (κ2) is 6.78. The molecule has 0 aliphatic carbocycles. The third kappa shape index (κ3) is 3.98. The highest BCUT2D eigenvalue weighted by Crippen LogP contribution is 2.14. The summed E-state index contributed by atoms with van der Waals surface area (Å²) in [5.74, 6) is -0.132. The van der Waals surface area contributed by atoms with E-state index >= 15 is 0 Å². The molecule has 0 fully saturated rings. The van der Waals surface area contributed by atoms with E-state index in [1.54, 1.807) is 19.2 Å². The Hall–Kier alpha value is -2.50. The SMILES string of the molecule is CCCNc1cncc(C(=O)Nc2ccc(F)c(C)c2)n1. The normalized spacial score (nSPS) is 10.2. The molecule has 0 saturated heterocycles. The highest BCUT2D eigenvalue weighted by molar-refractivity contribution is 6.02. The van der Waals surface area contributed by atoms with Crippen molar-refractivity contribution in [2.75, 3.05) is 17.2 Å². The molecule has 0 unspecified atom stereocenters. The lowest BCUT2D eigenvalue weighted by molar-refractivity contribution is 0.102. The maximum Gasteiger partial charge on any atom is 0.275 e. The van der Waals surface area contributed by atoms with Crippen LogP contribution in [0.3, 0.4) is 0 Å². The van der Waals surface area contributed by atoms with Crippen LogP contribution in [0.1, 0.15) is 29.4 Å². The lowest BCUT2D eigenvalue weighted by atomic mass is 10.2. The number of halogens is 1. The fourth-order valence-corrected chi connectivity index (χ4v) is 1.73. The summed E-state index contributed by atoms with van der Waals surface area (Å²) >= 11 is 0. The third-order valence-electron chi connectivity index (χ3n) is 2.84. The van der Waals surface area contributed by atoms with Crippen LogP contribution < -0.4 is 10.6 Å². The smallest absolute Gasteiger partial charge is 0.275 e. The number of anilines is 2. The fraction of sp³-hybridized carbons (Fsp3) is 0.267. The number of hydrogen-bond acceptors (Lipinski definition) is 4. The van der Waals surface area contributed by atoms with Gasteiger partial charge >= 0.3 is 0 Å². The highest BCUT2D eigenvalue weighted by atomic mass is 19.1. The molecule has 0 spiro atoms. The Labute approximate surface area is 122 Å². The Bertz CT molecular complexity index is 645. The molecule has 2 rings (SSSR count). The molecule has 21 heavy (non-hydrogen) atoms. The van der Waals surface area contributed by atoms with Crippen molar-refractivity contribution in [1.29, 1.82) is 0 Å². The van der Waals surface area contributed by atoms with Gasteiger partial charge in [0, 0.05) is 12.2 Å². The second-order valence-corrected chi connectivity index (χ2v) is 4.63. The number of amides is 1. The largest absolute Gasteiger partial charge is 0.369 e. The van der Waals surface area contributed by atoms with E-state index in [0.717, 1.165) is 13.0 Å². The van der Waals surface area contributed by atoms with Crippen LogP contribution >= 0.6 is 0 Å². The van der Waals surface area contributed by atoms with Gasteiger partial charge in [0.05, 0.1) is 12.4 Å². The number of aryl methyl sites for hydroxylation is 1. The maximum absolute atomic E-state index is 13.2. The average Bonchev–Trinajstić information content (AvgIpc) is 2.49. The van der Waals surface area contributed by atoms with Crippen molar-refractivity contribution in [3.05, 3.63) is 47.7 Å². The van der Waals surface area contributed by atoms with E-state index in [0.29, 0.717) is 17.1 Å². The van der Waals surface area contributed by atoms with Crippen LogP contribution in [0, 0.1) is 12.7 Å². The Morgan fingerprint density at radius 2 is 2.14 bits per heavy atom. The number of benzene rings is 1. The van der Waals surface area contributed by atoms with Gasteiger partial charge in [0.1, 0.15) is 17.3 Å². The van der Waals surface area contributed by atoms with Crippen LogP contribution in [-0.2, 0) is 0 Å². The first-order chi connectivity index (χ1) is 10.1. The molecule has 1 amide bonds. The molecular weight excluding hydrogens is 271 g/mol. The molecule has 0 bridgehead atoms. The quantitative estimate of drug-likeness (QED) is 0.887. The molecule has 0 radical (unpaired) electrons. The first-order valence-electron chi connectivity index (χ1n) is 6.73. The van der Waals surface area contributed by atoms with E-state index in [9.17, 15) is 9.18 Å². The van der Waals surface area contributed by atoms with Gasteiger partial charge < -0.3 is 10.6 Å². The van der Waals surface area contributed by atoms with E-state index in [2.05, 4.69) is 20.6 Å². The Morgan fingerprint density at radius 1 is 1.33 bits per heavy atom. The van der Waals surface area contributed by atoms with Crippen LogP contribution in [0.15, 0.2) is 30.6 Å². The zero-order chi connectivity index (χ0) is 15.2. The van der Waals surface area contributed by atoms with Gasteiger partial charge in [0.2, 0.25) is 0 Å². The molecular formula is C15H17FN4O. The topological polar surface area (TPSA) is 66.9 Å². The Morgan fingerprint density at radius 3 is 2.86 bits per heavy atom. The Balaban J connectivity index is 2.10. The molecule has 1 heterocycles. The highest BCUT2D eigenvalue weighted by Gasteiger charge is 2.10. The molecule has 2 aromatic rings. The van der Waals surface area contributed by atoms with Gasteiger partial charge in [-0.1, -0.05) is 6.92 Å². The molecule has 0 aliphatic heterocycles. The van der Waals surface area contributed by atoms with E-state index in [-0.39, 0.29) is 17.4 Å². The van der Waals surface area contributed by atoms with Crippen LogP contribution in [0.4, 0.5) is 15.9 Å². The van der Waals surface area contributed by atoms with Gasteiger partial charge in [0.15, 0.2) is 0 Å². The average molecular weight is 288 g/mol. The van der Waals surface area contributed by atoms with E-state index in [1.807, 2.05) is 6.92 Å². The first-order valence-corrected chi connectivity index (χ1v) is 6.73. The predicted octanol–water partition coefficient (Wildman–Crippen LogP) is 3.00. The van der Waals surface area contributed by atoms with E-state index in [4.69, 9.17) is 0 Å². The van der Waals surface area contributed by atoms with Gasteiger partial charge in [-0.15, -0.1) is 0 Å². The number of hydrogen-bond donors (Lipinski definition) is 2. The van der Waals surface area contributed by atoms with Crippen molar-refractivity contribution in [2.24, 2.45) is 0 Å². The minimum atomic E-state index is -0.381. The van der Waals surface area contributed by atoms with Crippen molar-refractivity contribution < 1.29 is 9.18 Å². The lowest BCUT2D eigenvalue weighted by Crippen LogP contribution is -2.15. The summed E-state index contributed by atoms with van der Waals surface area (Å²) in [5.41, 5.74) is 1.20. The van der Waals surface area contributed by atoms with Crippen LogP contribution in [0.25, 0.3) is 0 Å². The van der Waals surface area contributed by atoms with Crippen LogP contribution in [0.2, 0.25) is 0 Å². The van der Waals surface area contributed by atoms with Crippen LogP contribution in [0.5, 0.6) is 0 Å². The van der Waals surface area contributed by atoms with Crippen molar-refractivity contribution in [3.8, 4) is 0 Å². The summed E-state index contributed by atoms with van der Waals surface area (Å²) in [6, 6.07) is 4.39. The van der Waals surface area contributed by atoms with Gasteiger partial charge in [-0.25, -0.2) is 9.37 Å². The predicted molar refractivity (Wildman–Crippen MR) is 79.9 cm³/mol. The molecule has 1 aromatic heterocycles. The molecule has 6 heteroatoms. The summed E-state index contributed by atoms with van der Waals surface area (Å²) < 4.78 is 13.2. The number of nitrogens with zero attached hydrogens (tertiary/aromatic N) is 2. The van der Waals surface area contributed by atoms with Crippen LogP contribution in [-0.4, -0.2) is 22.4 Å². The molecule has 0 atom stereocenters. The van der Waals surface area contributed by atoms with Crippen molar-refractivity contribution >= 4 is 17.4 Å². The number of rotatable bonds is 5. The molecule has 2 N–H and O–H groups in total. The monoisotopic (exact) mass is 288 g/mol. The molecule has 0 aliphatic rings. The van der Waals surface area contributed by atoms with Gasteiger partial charge in [-0.2, -0.15) is 0 Å². The van der Waals surface area contributed by atoms with Crippen molar-refractivity contribution in [1.82, 2.24) is 9.97 Å². The van der Waals surface area contributed by atoms with E-state index in [1.165, 1.54) is 18.3 Å². The minimum Gasteiger partial charge on any atom is -0.369 e. The summed E-state index contributed by atoms with van der Waals surface area (Å²) in [7, 11) is 0. The fourth-order valence-electron chi connectivity index (χ4n) is 1.73. The van der Waals surface area contributed by atoms with E-state index < -0.39 is 0 Å². The molecule has 0 saturated carbocycles. The molecule has 1 aromatic carbocycles. The minimum absolute atomic E-state index is 0.207. The summed E-state index contributed by atoms with van der Waals surface area (Å²) in [6.45, 7) is 4.44. The standard InChI is InChI=1S/C15H17FN4O/c1-3-6-18-14-9-17-8-13(20-14)15(21)19-11-4-5-12(16)10(2)7-11/h4-5,7-9H,3,6H2,1-2H3,(H,18,20)(H,19,21). The Kier molecular flexibility index (Phi) is 4.81. The number of carbonyl (C=O) groups is 1. The number of aromatic nitrogens is 2. The summed E-state index contributed by atoms with van der Waals surface area (Å²) in [6.07, 6.45) is 3.91. The number of carbonyl (C=O) groups excluding carboxylic acids is 1. The van der Waals surface area contributed by atoms with Crippen molar-refractivity contribution in [3.63, 3.8) is 0 Å². The lowest BCUT2D eigenvalue weighted by Gasteiger charge is -2.08. The third-order valence-corrected chi connectivity index (χ3v) is 2.84. The second-order valence-electron chi connectivity index (χ2n) is 4.63. The first kappa shape index (κ1) is 14.9. The van der Waals surface area contributed by atoms with Gasteiger partial charge in [0.25, 0.3) is 5.91 Å². The molecule has 110 valence electrons.